The van der Waals surface area contributed by atoms with Crippen molar-refractivity contribution in [1.29, 1.82) is 5.26 Å². The van der Waals surface area contributed by atoms with Crippen LogP contribution in [0.15, 0.2) is 34.5 Å². The Kier molecular flexibility index (Phi) is 3.66. The van der Waals surface area contributed by atoms with Crippen molar-refractivity contribution in [3.8, 4) is 6.07 Å². The highest BCUT2D eigenvalue weighted by Gasteiger charge is 2.22. The second-order valence-corrected chi connectivity index (χ2v) is 6.48. The summed E-state index contributed by atoms with van der Waals surface area (Å²) in [7, 11) is -3.92. The molecule has 3 N–H and O–H groups in total. The van der Waals surface area contributed by atoms with E-state index in [2.05, 4.69) is 4.72 Å². The first-order valence-corrected chi connectivity index (χ1v) is 7.74. The van der Waals surface area contributed by atoms with Gasteiger partial charge in [0.25, 0.3) is 10.0 Å². The Balaban J connectivity index is 2.48. The van der Waals surface area contributed by atoms with Crippen LogP contribution in [0.4, 0.5) is 10.7 Å². The Morgan fingerprint density at radius 1 is 1.37 bits per heavy atom. The Labute approximate surface area is 119 Å². The zero-order valence-corrected chi connectivity index (χ0v) is 11.8. The SMILES string of the molecule is N#Cc1ccsc1NS(=O)(=O)c1c(N)cccc1Cl. The number of halogens is 1. The predicted octanol–water partition coefficient (Wildman–Crippen LogP) is 2.66. The highest BCUT2D eigenvalue weighted by Crippen LogP contribution is 2.31. The van der Waals surface area contributed by atoms with Crippen LogP contribution in [0.25, 0.3) is 0 Å². The third-order valence-electron chi connectivity index (χ3n) is 2.28. The van der Waals surface area contributed by atoms with Gasteiger partial charge in [-0.2, -0.15) is 5.26 Å². The number of hydrogen-bond donors (Lipinski definition) is 2. The molecule has 5 nitrogen and oxygen atoms in total. The van der Waals surface area contributed by atoms with Gasteiger partial charge in [0, 0.05) is 0 Å². The van der Waals surface area contributed by atoms with Crippen LogP contribution < -0.4 is 10.5 Å². The van der Waals surface area contributed by atoms with Crippen LogP contribution in [-0.2, 0) is 10.0 Å². The first-order valence-electron chi connectivity index (χ1n) is 5.00. The van der Waals surface area contributed by atoms with Crippen molar-refractivity contribution >= 4 is 43.6 Å². The first-order chi connectivity index (χ1) is 8.95. The number of nitrogens with one attached hydrogen (secondary N) is 1. The van der Waals surface area contributed by atoms with Gasteiger partial charge in [0.1, 0.15) is 16.0 Å². The van der Waals surface area contributed by atoms with E-state index in [1.165, 1.54) is 18.2 Å². The molecule has 1 aromatic heterocycles. The summed E-state index contributed by atoms with van der Waals surface area (Å²) in [6, 6.07) is 7.86. The average molecular weight is 314 g/mol. The molecule has 0 spiro atoms. The number of nitrogens with two attached hydrogens (primary N) is 1. The van der Waals surface area contributed by atoms with Crippen LogP contribution in [0.1, 0.15) is 5.56 Å². The van der Waals surface area contributed by atoms with E-state index in [-0.39, 0.29) is 26.2 Å². The zero-order valence-electron chi connectivity index (χ0n) is 9.42. The van der Waals surface area contributed by atoms with Crippen molar-refractivity contribution in [1.82, 2.24) is 0 Å². The Morgan fingerprint density at radius 3 is 2.74 bits per heavy atom. The summed E-state index contributed by atoms with van der Waals surface area (Å²) in [5.74, 6) is 0. The summed E-state index contributed by atoms with van der Waals surface area (Å²) in [5.41, 5.74) is 5.94. The maximum absolute atomic E-state index is 12.2. The van der Waals surface area contributed by atoms with Crippen LogP contribution in [-0.4, -0.2) is 8.42 Å². The minimum absolute atomic E-state index is 0.0302. The molecule has 0 fully saturated rings. The molecule has 8 heteroatoms. The largest absolute Gasteiger partial charge is 0.398 e. The van der Waals surface area contributed by atoms with Crippen LogP contribution in [0, 0.1) is 11.3 Å². The Hall–Kier alpha value is -1.75. The summed E-state index contributed by atoms with van der Waals surface area (Å²) in [6.45, 7) is 0. The van der Waals surface area contributed by atoms with Gasteiger partial charge in [-0.3, -0.25) is 4.72 Å². The zero-order chi connectivity index (χ0) is 14.0. The molecule has 1 heterocycles. The topological polar surface area (TPSA) is 96.0 Å². The molecule has 0 amide bonds. The van der Waals surface area contributed by atoms with Gasteiger partial charge < -0.3 is 5.73 Å². The molecule has 0 atom stereocenters. The number of nitrogen functional groups attached to an aromatic ring is 1. The molecule has 0 aliphatic rings. The minimum atomic E-state index is -3.92. The van der Waals surface area contributed by atoms with Crippen LogP contribution in [0.3, 0.4) is 0 Å². The van der Waals surface area contributed by atoms with E-state index in [4.69, 9.17) is 22.6 Å². The van der Waals surface area contributed by atoms with Crippen molar-refractivity contribution in [2.45, 2.75) is 4.90 Å². The molecule has 0 unspecified atom stereocenters. The molecular weight excluding hydrogens is 306 g/mol. The second kappa shape index (κ2) is 5.09. The first kappa shape index (κ1) is 13.7. The van der Waals surface area contributed by atoms with Crippen LogP contribution in [0.2, 0.25) is 5.02 Å². The fourth-order valence-electron chi connectivity index (χ4n) is 1.46. The molecular formula is C11H8ClN3O2S2. The van der Waals surface area contributed by atoms with E-state index in [0.717, 1.165) is 11.3 Å². The van der Waals surface area contributed by atoms with Crippen LogP contribution in [0.5, 0.6) is 0 Å². The quantitative estimate of drug-likeness (QED) is 0.851. The molecule has 0 aliphatic carbocycles. The molecule has 0 bridgehead atoms. The fraction of sp³-hybridized carbons (Fsp3) is 0. The van der Waals surface area contributed by atoms with Crippen LogP contribution >= 0.6 is 22.9 Å². The van der Waals surface area contributed by atoms with Crippen molar-refractivity contribution in [2.75, 3.05) is 10.5 Å². The maximum atomic E-state index is 12.2. The lowest BCUT2D eigenvalue weighted by Crippen LogP contribution is -2.15. The van der Waals surface area contributed by atoms with Gasteiger partial charge >= 0.3 is 0 Å². The molecule has 0 aliphatic heterocycles. The third kappa shape index (κ3) is 2.66. The molecule has 1 aromatic carbocycles. The predicted molar refractivity (Wildman–Crippen MR) is 75.7 cm³/mol. The van der Waals surface area contributed by atoms with Gasteiger partial charge in [-0.1, -0.05) is 17.7 Å². The van der Waals surface area contributed by atoms with E-state index in [1.807, 2.05) is 6.07 Å². The minimum Gasteiger partial charge on any atom is -0.398 e. The van der Waals surface area contributed by atoms with E-state index in [0.29, 0.717) is 0 Å². The summed E-state index contributed by atoms with van der Waals surface area (Å²) in [4.78, 5) is -0.186. The van der Waals surface area contributed by atoms with Gasteiger partial charge in [0.15, 0.2) is 0 Å². The molecule has 2 aromatic rings. The number of thiophene rings is 1. The normalized spacial score (nSPS) is 10.9. The summed E-state index contributed by atoms with van der Waals surface area (Å²) in [6.07, 6.45) is 0. The van der Waals surface area contributed by atoms with Gasteiger partial charge in [-0.15, -0.1) is 11.3 Å². The number of anilines is 2. The molecule has 0 saturated carbocycles. The molecule has 98 valence electrons. The van der Waals surface area contributed by atoms with Gasteiger partial charge in [0.2, 0.25) is 0 Å². The van der Waals surface area contributed by atoms with Gasteiger partial charge in [-0.05, 0) is 23.6 Å². The van der Waals surface area contributed by atoms with Crippen molar-refractivity contribution in [3.63, 3.8) is 0 Å². The number of sulfonamides is 1. The number of nitrogens with zero attached hydrogens (tertiary/aromatic N) is 1. The number of hydrogen-bond acceptors (Lipinski definition) is 5. The lowest BCUT2D eigenvalue weighted by atomic mass is 10.3. The van der Waals surface area contributed by atoms with Crippen molar-refractivity contribution in [2.24, 2.45) is 0 Å². The number of rotatable bonds is 3. The average Bonchev–Trinajstić information content (AvgIpc) is 2.74. The monoisotopic (exact) mass is 313 g/mol. The number of benzene rings is 1. The molecule has 2 rings (SSSR count). The summed E-state index contributed by atoms with van der Waals surface area (Å²) in [5, 5.41) is 10.7. The van der Waals surface area contributed by atoms with E-state index < -0.39 is 10.0 Å². The fourth-order valence-corrected chi connectivity index (χ4v) is 4.21. The Morgan fingerprint density at radius 2 is 2.11 bits per heavy atom. The Bertz CT molecular complexity index is 742. The molecule has 0 radical (unpaired) electrons. The van der Waals surface area contributed by atoms with E-state index in [9.17, 15) is 8.42 Å². The molecule has 0 saturated heterocycles. The smallest absolute Gasteiger partial charge is 0.266 e. The van der Waals surface area contributed by atoms with Crippen molar-refractivity contribution in [3.05, 3.63) is 40.2 Å². The standard InChI is InChI=1S/C11H8ClN3O2S2/c12-8-2-1-3-9(14)10(8)19(16,17)15-11-7(6-13)4-5-18-11/h1-5,15H,14H2. The van der Waals surface area contributed by atoms with Crippen molar-refractivity contribution < 1.29 is 8.42 Å². The van der Waals surface area contributed by atoms with E-state index >= 15 is 0 Å². The summed E-state index contributed by atoms with van der Waals surface area (Å²) < 4.78 is 26.8. The number of nitriles is 1. The van der Waals surface area contributed by atoms with Gasteiger partial charge in [-0.25, -0.2) is 8.42 Å². The van der Waals surface area contributed by atoms with Gasteiger partial charge in [0.05, 0.1) is 16.3 Å². The lowest BCUT2D eigenvalue weighted by molar-refractivity contribution is 0.602. The third-order valence-corrected chi connectivity index (χ3v) is 5.13. The van der Waals surface area contributed by atoms with E-state index in [1.54, 1.807) is 11.4 Å². The highest BCUT2D eigenvalue weighted by molar-refractivity contribution is 7.93. The summed E-state index contributed by atoms with van der Waals surface area (Å²) >= 11 is 6.98. The maximum Gasteiger partial charge on any atom is 0.266 e. The lowest BCUT2D eigenvalue weighted by Gasteiger charge is -2.10. The highest BCUT2D eigenvalue weighted by atomic mass is 35.5. The second-order valence-electron chi connectivity index (χ2n) is 3.54. The molecule has 19 heavy (non-hydrogen) atoms.